The molecule has 0 unspecified atom stereocenters. The van der Waals surface area contributed by atoms with Crippen molar-refractivity contribution in [3.63, 3.8) is 0 Å². The summed E-state index contributed by atoms with van der Waals surface area (Å²) in [6, 6.07) is 17.2. The van der Waals surface area contributed by atoms with Crippen molar-refractivity contribution in [2.75, 3.05) is 23.9 Å². The van der Waals surface area contributed by atoms with Crippen molar-refractivity contribution < 1.29 is 14.3 Å². The van der Waals surface area contributed by atoms with E-state index in [9.17, 15) is 9.59 Å². The Hall–Kier alpha value is -3.26. The second-order valence-corrected chi connectivity index (χ2v) is 7.82. The molecule has 1 aliphatic rings. The van der Waals surface area contributed by atoms with E-state index in [1.165, 1.54) is 11.3 Å². The summed E-state index contributed by atoms with van der Waals surface area (Å²) in [5, 5.41) is 12.3. The van der Waals surface area contributed by atoms with Gasteiger partial charge in [-0.2, -0.15) is 0 Å². The highest BCUT2D eigenvalue weighted by molar-refractivity contribution is 7.15. The van der Waals surface area contributed by atoms with E-state index in [1.807, 2.05) is 42.5 Å². The van der Waals surface area contributed by atoms with E-state index >= 15 is 0 Å². The van der Waals surface area contributed by atoms with Crippen molar-refractivity contribution in [1.82, 2.24) is 10.2 Å². The zero-order valence-electron chi connectivity index (χ0n) is 15.9. The van der Waals surface area contributed by atoms with Crippen LogP contribution in [0.5, 0.6) is 5.75 Å². The molecule has 8 heteroatoms. The van der Waals surface area contributed by atoms with Crippen LogP contribution in [0.4, 0.5) is 10.8 Å². The first-order valence-electron chi connectivity index (χ1n) is 9.24. The van der Waals surface area contributed by atoms with Gasteiger partial charge < -0.3 is 15.0 Å². The van der Waals surface area contributed by atoms with E-state index in [0.29, 0.717) is 18.1 Å². The number of carbonyl (C=O) groups is 2. The molecule has 1 saturated heterocycles. The molecule has 0 radical (unpaired) electrons. The topological polar surface area (TPSA) is 84.4 Å². The quantitative estimate of drug-likeness (QED) is 0.677. The number of ether oxygens (including phenoxy) is 1. The fourth-order valence-electron chi connectivity index (χ4n) is 3.25. The molecule has 3 aromatic rings. The average molecular weight is 408 g/mol. The zero-order chi connectivity index (χ0) is 20.2. The number of methoxy groups -OCH3 is 1. The van der Waals surface area contributed by atoms with Crippen LogP contribution in [0.15, 0.2) is 54.6 Å². The van der Waals surface area contributed by atoms with Crippen molar-refractivity contribution in [1.29, 1.82) is 0 Å². The Balaban J connectivity index is 1.37. The molecule has 4 rings (SSSR count). The summed E-state index contributed by atoms with van der Waals surface area (Å²) >= 11 is 1.35. The Morgan fingerprint density at radius 1 is 1.17 bits per heavy atom. The Bertz CT molecular complexity index is 1000. The number of rotatable bonds is 6. The maximum absolute atomic E-state index is 12.6. The van der Waals surface area contributed by atoms with Gasteiger partial charge in [-0.15, -0.1) is 10.2 Å². The third-order valence-corrected chi connectivity index (χ3v) is 5.61. The number of anilines is 2. The molecular weight excluding hydrogens is 388 g/mol. The highest BCUT2D eigenvalue weighted by Crippen LogP contribution is 2.28. The van der Waals surface area contributed by atoms with Crippen LogP contribution in [-0.4, -0.2) is 35.7 Å². The fourth-order valence-corrected chi connectivity index (χ4v) is 4.03. The normalized spacial score (nSPS) is 16.1. The van der Waals surface area contributed by atoms with Crippen LogP contribution < -0.4 is 15.0 Å². The van der Waals surface area contributed by atoms with Gasteiger partial charge in [0.05, 0.1) is 13.0 Å². The fraction of sp³-hybridized carbons (Fsp3) is 0.238. The van der Waals surface area contributed by atoms with Gasteiger partial charge >= 0.3 is 0 Å². The molecule has 2 aromatic carbocycles. The number of nitrogens with one attached hydrogen (secondary N) is 1. The molecule has 0 bridgehead atoms. The molecule has 148 valence electrons. The molecule has 1 atom stereocenters. The SMILES string of the molecule is COc1ccc(N2C[C@@H](C(=O)Nc3nnc(Cc4ccccc4)s3)CC2=O)cc1. The van der Waals surface area contributed by atoms with E-state index in [2.05, 4.69) is 15.5 Å². The Morgan fingerprint density at radius 2 is 1.93 bits per heavy atom. The summed E-state index contributed by atoms with van der Waals surface area (Å²) in [4.78, 5) is 26.7. The van der Waals surface area contributed by atoms with E-state index < -0.39 is 5.92 Å². The largest absolute Gasteiger partial charge is 0.497 e. The number of nitrogens with zero attached hydrogens (tertiary/aromatic N) is 3. The van der Waals surface area contributed by atoms with Crippen molar-refractivity contribution in [2.45, 2.75) is 12.8 Å². The predicted molar refractivity (Wildman–Crippen MR) is 111 cm³/mol. The minimum Gasteiger partial charge on any atom is -0.497 e. The Morgan fingerprint density at radius 3 is 2.66 bits per heavy atom. The van der Waals surface area contributed by atoms with Gasteiger partial charge in [0, 0.05) is 25.1 Å². The maximum atomic E-state index is 12.6. The monoisotopic (exact) mass is 408 g/mol. The first-order valence-corrected chi connectivity index (χ1v) is 10.1. The van der Waals surface area contributed by atoms with Gasteiger partial charge in [0.15, 0.2) is 0 Å². The van der Waals surface area contributed by atoms with Gasteiger partial charge in [-0.05, 0) is 29.8 Å². The number of hydrogen-bond donors (Lipinski definition) is 1. The number of hydrogen-bond acceptors (Lipinski definition) is 6. The van der Waals surface area contributed by atoms with Crippen molar-refractivity contribution in [3.05, 3.63) is 65.2 Å². The van der Waals surface area contributed by atoms with Crippen molar-refractivity contribution >= 4 is 34.0 Å². The first-order chi connectivity index (χ1) is 14.1. The van der Waals surface area contributed by atoms with Crippen molar-refractivity contribution in [3.8, 4) is 5.75 Å². The van der Waals surface area contributed by atoms with E-state index in [0.717, 1.165) is 22.0 Å². The summed E-state index contributed by atoms with van der Waals surface area (Å²) < 4.78 is 5.14. The third kappa shape index (κ3) is 4.43. The number of carbonyl (C=O) groups excluding carboxylic acids is 2. The molecule has 1 aromatic heterocycles. The lowest BCUT2D eigenvalue weighted by Crippen LogP contribution is -2.28. The third-order valence-electron chi connectivity index (χ3n) is 4.78. The Labute approximate surface area is 172 Å². The van der Waals surface area contributed by atoms with Gasteiger partial charge in [0.2, 0.25) is 16.9 Å². The van der Waals surface area contributed by atoms with Gasteiger partial charge in [-0.1, -0.05) is 41.7 Å². The molecule has 0 aliphatic carbocycles. The lowest BCUT2D eigenvalue weighted by atomic mass is 10.1. The van der Waals surface area contributed by atoms with Crippen LogP contribution in [0.3, 0.4) is 0 Å². The lowest BCUT2D eigenvalue weighted by Gasteiger charge is -2.16. The molecule has 7 nitrogen and oxygen atoms in total. The number of amides is 2. The predicted octanol–water partition coefficient (Wildman–Crippen LogP) is 3.13. The second-order valence-electron chi connectivity index (χ2n) is 6.76. The minimum absolute atomic E-state index is 0.0719. The van der Waals surface area contributed by atoms with E-state index in [4.69, 9.17) is 4.74 Å². The Kier molecular flexibility index (Phi) is 5.53. The second kappa shape index (κ2) is 8.40. The van der Waals surface area contributed by atoms with Crippen LogP contribution in [0, 0.1) is 5.92 Å². The average Bonchev–Trinajstić information content (AvgIpc) is 3.35. The molecular formula is C21H20N4O3S. The number of benzene rings is 2. The van der Waals surface area contributed by atoms with E-state index in [1.54, 1.807) is 24.1 Å². The summed E-state index contributed by atoms with van der Waals surface area (Å²) in [7, 11) is 1.59. The summed E-state index contributed by atoms with van der Waals surface area (Å²) in [6.07, 6.45) is 0.842. The van der Waals surface area contributed by atoms with Crippen LogP contribution in [0.25, 0.3) is 0 Å². The molecule has 0 saturated carbocycles. The summed E-state index contributed by atoms with van der Waals surface area (Å²) in [5.41, 5.74) is 1.89. The molecule has 29 heavy (non-hydrogen) atoms. The van der Waals surface area contributed by atoms with Gasteiger partial charge in [0.1, 0.15) is 10.8 Å². The summed E-state index contributed by atoms with van der Waals surface area (Å²) in [6.45, 7) is 0.340. The van der Waals surface area contributed by atoms with Crippen LogP contribution in [-0.2, 0) is 16.0 Å². The minimum atomic E-state index is -0.425. The molecule has 1 N–H and O–H groups in total. The van der Waals surface area contributed by atoms with Gasteiger partial charge in [-0.3, -0.25) is 9.59 Å². The molecule has 2 heterocycles. The highest BCUT2D eigenvalue weighted by Gasteiger charge is 2.35. The smallest absolute Gasteiger partial charge is 0.231 e. The molecule has 0 spiro atoms. The van der Waals surface area contributed by atoms with Crippen LogP contribution in [0.1, 0.15) is 17.0 Å². The zero-order valence-corrected chi connectivity index (χ0v) is 16.7. The van der Waals surface area contributed by atoms with Gasteiger partial charge in [0.25, 0.3) is 0 Å². The summed E-state index contributed by atoms with van der Waals surface area (Å²) in [5.74, 6) is 0.0115. The maximum Gasteiger partial charge on any atom is 0.231 e. The van der Waals surface area contributed by atoms with Crippen LogP contribution >= 0.6 is 11.3 Å². The van der Waals surface area contributed by atoms with Crippen molar-refractivity contribution in [2.24, 2.45) is 5.92 Å². The standard InChI is InChI=1S/C21H20N4O3S/c1-28-17-9-7-16(8-10-17)25-13-15(12-19(25)26)20(27)22-21-24-23-18(29-21)11-14-5-3-2-4-6-14/h2-10,15H,11-13H2,1H3,(H,22,24,27)/t15-/m0/s1. The van der Waals surface area contributed by atoms with E-state index in [-0.39, 0.29) is 18.2 Å². The first kappa shape index (κ1) is 19.1. The molecule has 1 aliphatic heterocycles. The molecule has 2 amide bonds. The molecule has 1 fully saturated rings. The highest BCUT2D eigenvalue weighted by atomic mass is 32.1. The van der Waals surface area contributed by atoms with Gasteiger partial charge in [-0.25, -0.2) is 0 Å². The number of aromatic nitrogens is 2. The lowest BCUT2D eigenvalue weighted by molar-refractivity contribution is -0.122. The van der Waals surface area contributed by atoms with Crippen LogP contribution in [0.2, 0.25) is 0 Å².